The fraction of sp³-hybridized carbons (Fsp3) is 0. The van der Waals surface area contributed by atoms with Crippen LogP contribution in [-0.4, -0.2) is 21.1 Å². The number of rotatable bonds is 3. The van der Waals surface area contributed by atoms with Crippen molar-refractivity contribution in [3.63, 3.8) is 0 Å². The van der Waals surface area contributed by atoms with Crippen LogP contribution in [-0.2, 0) is 0 Å². The summed E-state index contributed by atoms with van der Waals surface area (Å²) in [5.74, 6) is 0.104. The molecule has 8 heteroatoms. The van der Waals surface area contributed by atoms with E-state index in [2.05, 4.69) is 9.98 Å². The first kappa shape index (κ1) is 12.4. The third kappa shape index (κ3) is 3.22. The van der Waals surface area contributed by atoms with E-state index in [0.717, 1.165) is 6.07 Å². The van der Waals surface area contributed by atoms with Crippen LogP contribution in [0.15, 0.2) is 44.9 Å². The van der Waals surface area contributed by atoms with Gasteiger partial charge in [0.1, 0.15) is 5.82 Å². The Labute approximate surface area is 105 Å². The van der Waals surface area contributed by atoms with Gasteiger partial charge in [-0.25, -0.2) is 9.79 Å². The molecule has 1 heterocycles. The highest BCUT2D eigenvalue weighted by atomic mass is 16.6. The van der Waals surface area contributed by atoms with Gasteiger partial charge >= 0.3 is 5.69 Å². The number of nitro benzene ring substituents is 1. The number of hydrogen-bond donors (Lipinski definition) is 2. The minimum absolute atomic E-state index is 0.0262. The second-order valence-corrected chi connectivity index (χ2v) is 3.58. The van der Waals surface area contributed by atoms with Gasteiger partial charge < -0.3 is 0 Å². The quantitative estimate of drug-likeness (QED) is 0.479. The van der Waals surface area contributed by atoms with Crippen LogP contribution >= 0.6 is 0 Å². The summed E-state index contributed by atoms with van der Waals surface area (Å²) in [5.41, 5.74) is -0.628. The largest absolute Gasteiger partial charge is 0.327 e. The number of hydrogen-bond acceptors (Lipinski definition) is 5. The van der Waals surface area contributed by atoms with E-state index in [1.165, 1.54) is 30.5 Å². The van der Waals surface area contributed by atoms with Gasteiger partial charge in [0.2, 0.25) is 0 Å². The number of aromatic nitrogens is 2. The van der Waals surface area contributed by atoms with Crippen molar-refractivity contribution in [3.05, 3.63) is 66.8 Å². The van der Waals surface area contributed by atoms with Gasteiger partial charge in [-0.2, -0.15) is 0 Å². The molecule has 1 aromatic heterocycles. The highest BCUT2D eigenvalue weighted by Crippen LogP contribution is 2.11. The molecule has 0 unspecified atom stereocenters. The van der Waals surface area contributed by atoms with Crippen LogP contribution in [0.4, 0.5) is 11.5 Å². The Balaban J connectivity index is 2.25. The maximum Gasteiger partial charge on any atom is 0.327 e. The normalized spacial score (nSPS) is 10.7. The molecule has 0 saturated carbocycles. The number of nitro groups is 1. The lowest BCUT2D eigenvalue weighted by atomic mass is 10.2. The summed E-state index contributed by atoms with van der Waals surface area (Å²) in [6, 6.07) is 6.81. The van der Waals surface area contributed by atoms with Crippen LogP contribution in [0.2, 0.25) is 0 Å². The Morgan fingerprint density at radius 3 is 2.42 bits per heavy atom. The van der Waals surface area contributed by atoms with Gasteiger partial charge in [0.05, 0.1) is 4.92 Å². The number of H-pyrrole nitrogens is 2. The molecular weight excluding hydrogens is 252 g/mol. The lowest BCUT2D eigenvalue weighted by molar-refractivity contribution is -0.384. The first-order valence-corrected chi connectivity index (χ1v) is 5.17. The van der Waals surface area contributed by atoms with Crippen molar-refractivity contribution >= 4 is 17.7 Å². The Morgan fingerprint density at radius 2 is 1.84 bits per heavy atom. The summed E-state index contributed by atoms with van der Waals surface area (Å²) in [7, 11) is 0. The van der Waals surface area contributed by atoms with E-state index in [1.807, 2.05) is 4.98 Å². The monoisotopic (exact) mass is 260 g/mol. The molecule has 0 spiro atoms. The lowest BCUT2D eigenvalue weighted by Crippen LogP contribution is -2.20. The minimum Gasteiger partial charge on any atom is -0.292 e. The molecule has 2 aromatic rings. The third-order valence-electron chi connectivity index (χ3n) is 2.20. The Morgan fingerprint density at radius 1 is 1.16 bits per heavy atom. The van der Waals surface area contributed by atoms with Crippen molar-refractivity contribution in [1.29, 1.82) is 0 Å². The zero-order chi connectivity index (χ0) is 13.8. The van der Waals surface area contributed by atoms with Gasteiger partial charge in [0.25, 0.3) is 11.2 Å². The number of nitrogens with one attached hydrogen (secondary N) is 2. The Hall–Kier alpha value is -3.03. The minimum atomic E-state index is -0.650. The molecule has 2 N–H and O–H groups in total. The van der Waals surface area contributed by atoms with Gasteiger partial charge in [0.15, 0.2) is 0 Å². The van der Waals surface area contributed by atoms with E-state index in [0.29, 0.717) is 5.56 Å². The molecule has 0 fully saturated rings. The zero-order valence-corrected chi connectivity index (χ0v) is 9.49. The number of non-ortho nitro benzene ring substituents is 1. The zero-order valence-electron chi connectivity index (χ0n) is 9.49. The molecule has 8 nitrogen and oxygen atoms in total. The summed E-state index contributed by atoms with van der Waals surface area (Å²) in [6.07, 6.45) is 1.38. The van der Waals surface area contributed by atoms with Crippen LogP contribution < -0.4 is 11.2 Å². The molecule has 0 atom stereocenters. The number of aliphatic imine (C=N–C) groups is 1. The average Bonchev–Trinajstić information content (AvgIpc) is 2.36. The van der Waals surface area contributed by atoms with Crippen molar-refractivity contribution in [2.75, 3.05) is 0 Å². The molecule has 96 valence electrons. The second-order valence-electron chi connectivity index (χ2n) is 3.58. The SMILES string of the molecule is O=c1cc(N=Cc2ccc([N+](=O)[O-])cc2)[nH]c(=O)[nH]1. The maximum absolute atomic E-state index is 11.0. The first-order valence-electron chi connectivity index (χ1n) is 5.17. The fourth-order valence-corrected chi connectivity index (χ4v) is 1.35. The molecule has 0 saturated heterocycles. The van der Waals surface area contributed by atoms with Crippen LogP contribution in [0.25, 0.3) is 0 Å². The standard InChI is InChI=1S/C11H8N4O4/c16-10-5-9(13-11(17)14-10)12-6-7-1-3-8(4-2-7)15(18)19/h1-6H,(H2,13,14,16,17). The molecule has 19 heavy (non-hydrogen) atoms. The predicted molar refractivity (Wildman–Crippen MR) is 68.0 cm³/mol. The Kier molecular flexibility index (Phi) is 3.33. The van der Waals surface area contributed by atoms with Gasteiger partial charge in [-0.05, 0) is 17.7 Å². The maximum atomic E-state index is 11.0. The molecule has 1 aromatic carbocycles. The molecule has 0 aliphatic heterocycles. The topological polar surface area (TPSA) is 121 Å². The van der Waals surface area contributed by atoms with E-state index in [1.54, 1.807) is 0 Å². The van der Waals surface area contributed by atoms with Gasteiger partial charge in [0, 0.05) is 24.4 Å². The molecule has 0 aliphatic rings. The van der Waals surface area contributed by atoms with Crippen LogP contribution in [0.1, 0.15) is 5.56 Å². The molecule has 2 rings (SSSR count). The van der Waals surface area contributed by atoms with Crippen molar-refractivity contribution in [2.45, 2.75) is 0 Å². The summed E-state index contributed by atoms with van der Waals surface area (Å²) in [5, 5.41) is 10.5. The highest BCUT2D eigenvalue weighted by Gasteiger charge is 2.02. The van der Waals surface area contributed by atoms with Crippen LogP contribution in [0, 0.1) is 10.1 Å². The highest BCUT2D eigenvalue weighted by molar-refractivity contribution is 5.81. The van der Waals surface area contributed by atoms with Crippen molar-refractivity contribution in [2.24, 2.45) is 4.99 Å². The van der Waals surface area contributed by atoms with Gasteiger partial charge in [-0.3, -0.25) is 24.9 Å². The van der Waals surface area contributed by atoms with E-state index in [-0.39, 0.29) is 11.5 Å². The predicted octanol–water partition coefficient (Wildman–Crippen LogP) is 0.722. The van der Waals surface area contributed by atoms with Crippen molar-refractivity contribution in [1.82, 2.24) is 9.97 Å². The number of aromatic amines is 2. The van der Waals surface area contributed by atoms with Gasteiger partial charge in [-0.1, -0.05) is 0 Å². The van der Waals surface area contributed by atoms with E-state index < -0.39 is 16.2 Å². The first-order chi connectivity index (χ1) is 9.04. The smallest absolute Gasteiger partial charge is 0.292 e. The lowest BCUT2D eigenvalue weighted by Gasteiger charge is -1.94. The number of benzene rings is 1. The summed E-state index contributed by atoms with van der Waals surface area (Å²) in [6.45, 7) is 0. The molecule has 0 amide bonds. The summed E-state index contributed by atoms with van der Waals surface area (Å²) >= 11 is 0. The van der Waals surface area contributed by atoms with E-state index >= 15 is 0 Å². The molecular formula is C11H8N4O4. The molecule has 0 bridgehead atoms. The van der Waals surface area contributed by atoms with Crippen molar-refractivity contribution in [3.8, 4) is 0 Å². The van der Waals surface area contributed by atoms with Crippen LogP contribution in [0.3, 0.4) is 0 Å². The van der Waals surface area contributed by atoms with E-state index in [4.69, 9.17) is 0 Å². The van der Waals surface area contributed by atoms with Crippen LogP contribution in [0.5, 0.6) is 0 Å². The van der Waals surface area contributed by atoms with E-state index in [9.17, 15) is 19.7 Å². The van der Waals surface area contributed by atoms with Crippen molar-refractivity contribution < 1.29 is 4.92 Å². The van der Waals surface area contributed by atoms with Gasteiger partial charge in [-0.15, -0.1) is 0 Å². The fourth-order valence-electron chi connectivity index (χ4n) is 1.35. The Bertz CT molecular complexity index is 714. The number of nitrogens with zero attached hydrogens (tertiary/aromatic N) is 2. The summed E-state index contributed by atoms with van der Waals surface area (Å²) in [4.78, 5) is 40.2. The second kappa shape index (κ2) is 5.08. The average molecular weight is 260 g/mol. The summed E-state index contributed by atoms with van der Waals surface area (Å²) < 4.78 is 0. The third-order valence-corrected chi connectivity index (χ3v) is 2.20. The molecule has 0 radical (unpaired) electrons. The molecule has 0 aliphatic carbocycles.